The Balaban J connectivity index is 1.71. The summed E-state index contributed by atoms with van der Waals surface area (Å²) < 4.78 is 12.5. The number of ether oxygens (including phenoxy) is 2. The first-order valence-corrected chi connectivity index (χ1v) is 8.20. The van der Waals surface area contributed by atoms with Crippen molar-refractivity contribution in [2.75, 3.05) is 13.7 Å². The van der Waals surface area contributed by atoms with Crippen LogP contribution in [0.25, 0.3) is 5.65 Å². The molecule has 0 aliphatic heterocycles. The van der Waals surface area contributed by atoms with E-state index in [0.717, 1.165) is 11.3 Å². The van der Waals surface area contributed by atoms with Gasteiger partial charge in [0.15, 0.2) is 11.5 Å². The highest BCUT2D eigenvalue weighted by Crippen LogP contribution is 2.28. The zero-order valence-electron chi connectivity index (χ0n) is 14.0. The van der Waals surface area contributed by atoms with Gasteiger partial charge in [0.2, 0.25) is 0 Å². The van der Waals surface area contributed by atoms with E-state index < -0.39 is 0 Å². The molecule has 2 heterocycles. The molecule has 0 saturated heterocycles. The third-order valence-corrected chi connectivity index (χ3v) is 3.84. The number of nitrogens with one attached hydrogen (secondary N) is 1. The molecule has 0 radical (unpaired) electrons. The number of halogens is 1. The third kappa shape index (κ3) is 3.85. The van der Waals surface area contributed by atoms with Gasteiger partial charge in [0, 0.05) is 18.0 Å². The fourth-order valence-corrected chi connectivity index (χ4v) is 2.63. The lowest BCUT2D eigenvalue weighted by Crippen LogP contribution is -2.23. The summed E-state index contributed by atoms with van der Waals surface area (Å²) in [5.41, 5.74) is 2.01. The van der Waals surface area contributed by atoms with E-state index in [4.69, 9.17) is 21.1 Å². The number of amides is 1. The van der Waals surface area contributed by atoms with Crippen molar-refractivity contribution in [3.8, 4) is 11.5 Å². The topological polar surface area (TPSA) is 64.9 Å². The van der Waals surface area contributed by atoms with Crippen LogP contribution >= 0.6 is 11.6 Å². The Kier molecular flexibility index (Phi) is 5.09. The maximum absolute atomic E-state index is 12.4. The number of hydrogen-bond acceptors (Lipinski definition) is 4. The molecule has 1 N–H and O–H groups in total. The average Bonchev–Trinajstić information content (AvgIpc) is 3.02. The first-order valence-electron chi connectivity index (χ1n) is 7.83. The monoisotopic (exact) mass is 359 g/mol. The Morgan fingerprint density at radius 2 is 2.08 bits per heavy atom. The summed E-state index contributed by atoms with van der Waals surface area (Å²) in [7, 11) is 1.54. The van der Waals surface area contributed by atoms with Crippen molar-refractivity contribution in [2.45, 2.75) is 13.5 Å². The second-order valence-electron chi connectivity index (χ2n) is 5.33. The highest BCUT2D eigenvalue weighted by atomic mass is 35.5. The quantitative estimate of drug-likeness (QED) is 0.733. The van der Waals surface area contributed by atoms with Crippen LogP contribution in [0.4, 0.5) is 0 Å². The predicted octanol–water partition coefficient (Wildman–Crippen LogP) is 3.33. The van der Waals surface area contributed by atoms with E-state index in [-0.39, 0.29) is 5.91 Å². The van der Waals surface area contributed by atoms with E-state index in [1.165, 1.54) is 0 Å². The fraction of sp³-hybridized carbons (Fsp3) is 0.222. The van der Waals surface area contributed by atoms with Crippen LogP contribution in [0.15, 0.2) is 42.7 Å². The van der Waals surface area contributed by atoms with Crippen LogP contribution in [0.1, 0.15) is 23.0 Å². The van der Waals surface area contributed by atoms with Crippen LogP contribution in [-0.2, 0) is 6.54 Å². The lowest BCUT2D eigenvalue weighted by Gasteiger charge is -2.11. The van der Waals surface area contributed by atoms with Crippen molar-refractivity contribution in [1.29, 1.82) is 0 Å². The van der Waals surface area contributed by atoms with Crippen molar-refractivity contribution in [2.24, 2.45) is 0 Å². The predicted molar refractivity (Wildman–Crippen MR) is 95.5 cm³/mol. The van der Waals surface area contributed by atoms with Crippen molar-refractivity contribution < 1.29 is 14.3 Å². The molecule has 0 aliphatic rings. The van der Waals surface area contributed by atoms with Gasteiger partial charge in [0.05, 0.1) is 31.0 Å². The maximum Gasteiger partial charge on any atom is 0.251 e. The van der Waals surface area contributed by atoms with Gasteiger partial charge in [0.25, 0.3) is 5.91 Å². The molecule has 0 bridgehead atoms. The first kappa shape index (κ1) is 17.1. The maximum atomic E-state index is 12.4. The van der Waals surface area contributed by atoms with Gasteiger partial charge in [0.1, 0.15) is 5.65 Å². The minimum atomic E-state index is -0.212. The van der Waals surface area contributed by atoms with E-state index in [1.807, 2.05) is 23.6 Å². The van der Waals surface area contributed by atoms with E-state index in [2.05, 4.69) is 10.3 Å². The Morgan fingerprint density at radius 1 is 1.24 bits per heavy atom. The summed E-state index contributed by atoms with van der Waals surface area (Å²) in [6, 6.07) is 8.68. The molecular weight excluding hydrogens is 342 g/mol. The number of benzene rings is 1. The van der Waals surface area contributed by atoms with Gasteiger partial charge in [-0.2, -0.15) is 0 Å². The zero-order chi connectivity index (χ0) is 17.8. The second kappa shape index (κ2) is 7.44. The lowest BCUT2D eigenvalue weighted by molar-refractivity contribution is 0.0950. The number of carbonyl (C=O) groups is 1. The van der Waals surface area contributed by atoms with Crippen molar-refractivity contribution in [3.05, 3.63) is 59.0 Å². The Hall–Kier alpha value is -2.73. The van der Waals surface area contributed by atoms with Gasteiger partial charge in [-0.15, -0.1) is 0 Å². The molecule has 0 saturated carbocycles. The number of nitrogens with zero attached hydrogens (tertiary/aromatic N) is 2. The number of carbonyl (C=O) groups excluding carboxylic acids is 1. The van der Waals surface area contributed by atoms with Gasteiger partial charge >= 0.3 is 0 Å². The number of hydrogen-bond donors (Lipinski definition) is 1. The Bertz CT molecular complexity index is 908. The van der Waals surface area contributed by atoms with E-state index in [9.17, 15) is 4.79 Å². The van der Waals surface area contributed by atoms with Crippen molar-refractivity contribution in [3.63, 3.8) is 0 Å². The summed E-state index contributed by atoms with van der Waals surface area (Å²) in [5.74, 6) is 0.923. The van der Waals surface area contributed by atoms with Crippen LogP contribution in [0.2, 0.25) is 5.02 Å². The molecule has 0 unspecified atom stereocenters. The number of pyridine rings is 1. The Labute approximate surface area is 150 Å². The molecule has 0 spiro atoms. The molecule has 0 aliphatic carbocycles. The molecule has 3 aromatic rings. The van der Waals surface area contributed by atoms with Gasteiger partial charge in [-0.1, -0.05) is 11.6 Å². The highest BCUT2D eigenvalue weighted by Gasteiger charge is 2.11. The number of aromatic nitrogens is 2. The van der Waals surface area contributed by atoms with Crippen LogP contribution in [0, 0.1) is 0 Å². The summed E-state index contributed by atoms with van der Waals surface area (Å²) in [4.78, 5) is 16.8. The molecule has 25 heavy (non-hydrogen) atoms. The minimum absolute atomic E-state index is 0.212. The number of rotatable bonds is 6. The standard InChI is InChI=1S/C18H18ClN3O3/c1-3-25-15-6-4-12(8-16(15)24-2)18(23)20-9-14-11-22-10-13(19)5-7-17(22)21-14/h4-8,10-11H,3,9H2,1-2H3,(H,20,23). The van der Waals surface area contributed by atoms with Crippen LogP contribution in [-0.4, -0.2) is 29.0 Å². The molecular formula is C18H18ClN3O3. The number of imidazole rings is 1. The Morgan fingerprint density at radius 3 is 2.84 bits per heavy atom. The van der Waals surface area contributed by atoms with E-state index >= 15 is 0 Å². The second-order valence-corrected chi connectivity index (χ2v) is 5.76. The largest absolute Gasteiger partial charge is 0.493 e. The van der Waals surface area contributed by atoms with E-state index in [1.54, 1.807) is 37.6 Å². The number of methoxy groups -OCH3 is 1. The van der Waals surface area contributed by atoms with Crippen LogP contribution in [0.5, 0.6) is 11.5 Å². The molecule has 2 aromatic heterocycles. The van der Waals surface area contributed by atoms with Crippen molar-refractivity contribution >= 4 is 23.2 Å². The van der Waals surface area contributed by atoms with Gasteiger partial charge < -0.3 is 19.2 Å². The third-order valence-electron chi connectivity index (χ3n) is 3.62. The summed E-state index contributed by atoms with van der Waals surface area (Å²) >= 11 is 5.96. The molecule has 3 rings (SSSR count). The molecule has 1 aromatic carbocycles. The van der Waals surface area contributed by atoms with Gasteiger partial charge in [-0.25, -0.2) is 4.98 Å². The fourth-order valence-electron chi connectivity index (χ4n) is 2.46. The number of fused-ring (bicyclic) bond motifs is 1. The lowest BCUT2D eigenvalue weighted by atomic mass is 10.2. The van der Waals surface area contributed by atoms with Crippen molar-refractivity contribution in [1.82, 2.24) is 14.7 Å². The van der Waals surface area contributed by atoms with Gasteiger partial charge in [-0.05, 0) is 37.3 Å². The van der Waals surface area contributed by atoms with E-state index in [0.29, 0.717) is 35.2 Å². The van der Waals surface area contributed by atoms with Gasteiger partial charge in [-0.3, -0.25) is 4.79 Å². The van der Waals surface area contributed by atoms with Crippen LogP contribution in [0.3, 0.4) is 0 Å². The first-order chi connectivity index (χ1) is 12.1. The molecule has 6 nitrogen and oxygen atoms in total. The molecule has 130 valence electrons. The minimum Gasteiger partial charge on any atom is -0.493 e. The van der Waals surface area contributed by atoms with Crippen LogP contribution < -0.4 is 14.8 Å². The SMILES string of the molecule is CCOc1ccc(C(=O)NCc2cn3cc(Cl)ccc3n2)cc1OC. The highest BCUT2D eigenvalue weighted by molar-refractivity contribution is 6.30. The summed E-state index contributed by atoms with van der Waals surface area (Å²) in [6.45, 7) is 2.73. The molecule has 7 heteroatoms. The summed E-state index contributed by atoms with van der Waals surface area (Å²) in [5, 5.41) is 3.48. The summed E-state index contributed by atoms with van der Waals surface area (Å²) in [6.07, 6.45) is 3.60. The zero-order valence-corrected chi connectivity index (χ0v) is 14.7. The molecule has 0 atom stereocenters. The molecule has 1 amide bonds. The average molecular weight is 360 g/mol. The molecule has 0 fully saturated rings. The smallest absolute Gasteiger partial charge is 0.251 e. The normalized spacial score (nSPS) is 10.7.